The second kappa shape index (κ2) is 13.7. The minimum atomic E-state index is -3.60. The highest BCUT2D eigenvalue weighted by molar-refractivity contribution is 7.92. The number of hydrogen-bond donors (Lipinski definition) is 1. The highest BCUT2D eigenvalue weighted by Gasteiger charge is 2.27. The number of amides is 2. The van der Waals surface area contributed by atoms with E-state index >= 15 is 0 Å². The molecule has 0 radical (unpaired) electrons. The van der Waals surface area contributed by atoms with Gasteiger partial charge in [-0.2, -0.15) is 0 Å². The summed E-state index contributed by atoms with van der Waals surface area (Å²) in [5.74, 6) is 0.0299. The largest absolute Gasteiger partial charge is 0.495 e. The Hall–Kier alpha value is -3.07. The molecule has 192 valence electrons. The molecule has 0 saturated heterocycles. The molecule has 0 unspecified atom stereocenters. The number of unbranched alkanes of at least 4 members (excludes halogenated alkanes) is 1. The maximum atomic E-state index is 13.3. The first kappa shape index (κ1) is 28.2. The zero-order valence-electron chi connectivity index (χ0n) is 21.1. The van der Waals surface area contributed by atoms with Crippen molar-refractivity contribution < 1.29 is 22.7 Å². The first-order valence-electron chi connectivity index (χ1n) is 11.9. The number of carbonyl (C=O) groups excluding carboxylic acids is 2. The van der Waals surface area contributed by atoms with Crippen molar-refractivity contribution in [3.8, 4) is 5.75 Å². The van der Waals surface area contributed by atoms with Gasteiger partial charge in [-0.3, -0.25) is 13.9 Å². The van der Waals surface area contributed by atoms with Crippen LogP contribution in [0.4, 0.5) is 5.69 Å². The van der Waals surface area contributed by atoms with Crippen molar-refractivity contribution in [3.05, 3.63) is 60.2 Å². The Kier molecular flexibility index (Phi) is 11.0. The molecule has 35 heavy (non-hydrogen) atoms. The van der Waals surface area contributed by atoms with Crippen LogP contribution in [0.3, 0.4) is 0 Å². The third-order valence-corrected chi connectivity index (χ3v) is 6.88. The van der Waals surface area contributed by atoms with Gasteiger partial charge < -0.3 is 15.0 Å². The Labute approximate surface area is 209 Å². The van der Waals surface area contributed by atoms with Crippen LogP contribution in [-0.2, 0) is 26.2 Å². The standard InChI is InChI=1S/C26H37N3O5S/c1-5-6-18-27-26(31)21(2)28(20-22-13-8-7-9-14-22)25(30)17-12-19-29(35(4,32)33)23-15-10-11-16-24(23)34-3/h7-11,13-16,21H,5-6,12,17-20H2,1-4H3,(H,27,31)/t21-/m0/s1. The van der Waals surface area contributed by atoms with Crippen LogP contribution in [-0.4, -0.2) is 57.6 Å². The van der Waals surface area contributed by atoms with Gasteiger partial charge in [0.05, 0.1) is 19.1 Å². The minimum Gasteiger partial charge on any atom is -0.495 e. The molecule has 8 nitrogen and oxygen atoms in total. The summed E-state index contributed by atoms with van der Waals surface area (Å²) in [7, 11) is -2.11. The molecule has 0 heterocycles. The number of carbonyl (C=O) groups is 2. The van der Waals surface area contributed by atoms with Gasteiger partial charge in [0.2, 0.25) is 21.8 Å². The van der Waals surface area contributed by atoms with Crippen LogP contribution >= 0.6 is 0 Å². The van der Waals surface area contributed by atoms with Crippen molar-refractivity contribution in [2.24, 2.45) is 0 Å². The molecule has 1 N–H and O–H groups in total. The van der Waals surface area contributed by atoms with Gasteiger partial charge in [-0.25, -0.2) is 8.42 Å². The third-order valence-electron chi connectivity index (χ3n) is 5.70. The molecule has 2 rings (SSSR count). The molecule has 0 bridgehead atoms. The van der Waals surface area contributed by atoms with Gasteiger partial charge in [-0.15, -0.1) is 0 Å². The van der Waals surface area contributed by atoms with Gasteiger partial charge >= 0.3 is 0 Å². The first-order chi connectivity index (χ1) is 16.7. The summed E-state index contributed by atoms with van der Waals surface area (Å²) in [6, 6.07) is 15.7. The molecule has 2 aromatic rings. The summed E-state index contributed by atoms with van der Waals surface area (Å²) in [6.07, 6.45) is 3.35. The van der Waals surface area contributed by atoms with E-state index < -0.39 is 16.1 Å². The average molecular weight is 504 g/mol. The van der Waals surface area contributed by atoms with Crippen molar-refractivity contribution in [2.75, 3.05) is 30.8 Å². The zero-order valence-corrected chi connectivity index (χ0v) is 21.9. The monoisotopic (exact) mass is 503 g/mol. The fourth-order valence-corrected chi connectivity index (χ4v) is 4.69. The smallest absolute Gasteiger partial charge is 0.242 e. The molecular formula is C26H37N3O5S. The molecule has 1 atom stereocenters. The van der Waals surface area contributed by atoms with Crippen LogP contribution in [0, 0.1) is 0 Å². The molecule has 0 aliphatic rings. The van der Waals surface area contributed by atoms with E-state index in [1.165, 1.54) is 11.4 Å². The van der Waals surface area contributed by atoms with Crippen LogP contribution in [0.1, 0.15) is 45.1 Å². The fraction of sp³-hybridized carbons (Fsp3) is 0.462. The second-order valence-corrected chi connectivity index (χ2v) is 10.3. The van der Waals surface area contributed by atoms with Crippen molar-refractivity contribution in [1.29, 1.82) is 0 Å². The second-order valence-electron chi connectivity index (χ2n) is 8.44. The van der Waals surface area contributed by atoms with Gasteiger partial charge in [0, 0.05) is 26.1 Å². The lowest BCUT2D eigenvalue weighted by atomic mass is 10.1. The Bertz CT molecular complexity index is 1060. The summed E-state index contributed by atoms with van der Waals surface area (Å²) < 4.78 is 31.6. The Balaban J connectivity index is 2.14. The van der Waals surface area contributed by atoms with Crippen molar-refractivity contribution in [3.63, 3.8) is 0 Å². The number of ether oxygens (including phenoxy) is 1. The highest BCUT2D eigenvalue weighted by atomic mass is 32.2. The number of anilines is 1. The number of para-hydroxylation sites is 2. The number of nitrogens with one attached hydrogen (secondary N) is 1. The molecule has 0 aliphatic heterocycles. The van der Waals surface area contributed by atoms with Crippen LogP contribution in [0.25, 0.3) is 0 Å². The van der Waals surface area contributed by atoms with Crippen LogP contribution in [0.2, 0.25) is 0 Å². The van der Waals surface area contributed by atoms with E-state index in [9.17, 15) is 18.0 Å². The lowest BCUT2D eigenvalue weighted by molar-refractivity contribution is -0.140. The van der Waals surface area contributed by atoms with E-state index in [1.54, 1.807) is 36.1 Å². The van der Waals surface area contributed by atoms with Gasteiger partial charge in [-0.1, -0.05) is 55.8 Å². The van der Waals surface area contributed by atoms with Gasteiger partial charge in [0.1, 0.15) is 11.8 Å². The summed E-state index contributed by atoms with van der Waals surface area (Å²) in [5, 5.41) is 2.90. The first-order valence-corrected chi connectivity index (χ1v) is 13.8. The Morgan fingerprint density at radius 1 is 1.03 bits per heavy atom. The van der Waals surface area contributed by atoms with E-state index in [1.807, 2.05) is 37.3 Å². The van der Waals surface area contributed by atoms with E-state index in [-0.39, 0.29) is 24.8 Å². The van der Waals surface area contributed by atoms with Gasteiger partial charge in [-0.05, 0) is 37.5 Å². The predicted octanol–water partition coefficient (Wildman–Crippen LogP) is 3.58. The number of methoxy groups -OCH3 is 1. The van der Waals surface area contributed by atoms with Crippen molar-refractivity contribution in [2.45, 2.75) is 52.1 Å². The third kappa shape index (κ3) is 8.58. The number of rotatable bonds is 14. The summed E-state index contributed by atoms with van der Waals surface area (Å²) >= 11 is 0. The quantitative estimate of drug-likeness (QED) is 0.398. The molecule has 0 spiro atoms. The molecule has 0 aliphatic carbocycles. The topological polar surface area (TPSA) is 96.0 Å². The average Bonchev–Trinajstić information content (AvgIpc) is 2.84. The van der Waals surface area contributed by atoms with E-state index in [0.29, 0.717) is 30.9 Å². The van der Waals surface area contributed by atoms with Crippen molar-refractivity contribution >= 4 is 27.5 Å². The number of sulfonamides is 1. The lowest BCUT2D eigenvalue weighted by Crippen LogP contribution is -2.47. The van der Waals surface area contributed by atoms with E-state index in [4.69, 9.17) is 4.74 Å². The molecule has 0 aromatic heterocycles. The lowest BCUT2D eigenvalue weighted by Gasteiger charge is -2.29. The highest BCUT2D eigenvalue weighted by Crippen LogP contribution is 2.29. The SMILES string of the molecule is CCCCNC(=O)[C@H](C)N(Cc1ccccc1)C(=O)CCCN(c1ccccc1OC)S(C)(=O)=O. The predicted molar refractivity (Wildman–Crippen MR) is 139 cm³/mol. The molecule has 2 amide bonds. The molecule has 0 saturated carbocycles. The number of hydrogen-bond acceptors (Lipinski definition) is 5. The van der Waals surface area contributed by atoms with Crippen LogP contribution < -0.4 is 14.4 Å². The van der Waals surface area contributed by atoms with Crippen LogP contribution in [0.5, 0.6) is 5.75 Å². The summed E-state index contributed by atoms with van der Waals surface area (Å²) in [6.45, 7) is 4.74. The Morgan fingerprint density at radius 2 is 1.69 bits per heavy atom. The summed E-state index contributed by atoms with van der Waals surface area (Å²) in [4.78, 5) is 27.5. The normalized spacial score (nSPS) is 12.0. The fourth-order valence-electron chi connectivity index (χ4n) is 3.72. The number of benzene rings is 2. The molecular weight excluding hydrogens is 466 g/mol. The molecule has 0 fully saturated rings. The minimum absolute atomic E-state index is 0.0978. The van der Waals surface area contributed by atoms with Gasteiger partial charge in [0.25, 0.3) is 0 Å². The number of nitrogens with zero attached hydrogens (tertiary/aromatic N) is 2. The van der Waals surface area contributed by atoms with Crippen LogP contribution in [0.15, 0.2) is 54.6 Å². The Morgan fingerprint density at radius 3 is 2.31 bits per heavy atom. The molecule has 2 aromatic carbocycles. The summed E-state index contributed by atoms with van der Waals surface area (Å²) in [5.41, 5.74) is 1.34. The zero-order chi connectivity index (χ0) is 25.8. The van der Waals surface area contributed by atoms with Crippen molar-refractivity contribution in [1.82, 2.24) is 10.2 Å². The maximum Gasteiger partial charge on any atom is 0.242 e. The van der Waals surface area contributed by atoms with Gasteiger partial charge in [0.15, 0.2) is 0 Å². The maximum absolute atomic E-state index is 13.3. The molecule has 9 heteroatoms. The van der Waals surface area contributed by atoms with E-state index in [2.05, 4.69) is 5.32 Å². The van der Waals surface area contributed by atoms with E-state index in [0.717, 1.165) is 24.7 Å².